The normalized spacial score (nSPS) is 35.4. The molecule has 0 nitrogen and oxygen atoms in total. The third kappa shape index (κ3) is 3.02. The Balaban J connectivity index is 2.52. The van der Waals surface area contributed by atoms with Gasteiger partial charge in [0.2, 0.25) is 0 Å². The lowest BCUT2D eigenvalue weighted by atomic mass is 10.1. The molecular formula is C8H10Br2. The molecule has 0 amide bonds. The van der Waals surface area contributed by atoms with Gasteiger partial charge in [-0.25, -0.2) is 0 Å². The molecule has 1 unspecified atom stereocenters. The van der Waals surface area contributed by atoms with E-state index in [0.717, 1.165) is 19.3 Å². The number of allylic oxidation sites excluding steroid dienone is 4. The first-order valence-corrected chi connectivity index (χ1v) is 5.15. The van der Waals surface area contributed by atoms with Crippen molar-refractivity contribution in [1.82, 2.24) is 0 Å². The Labute approximate surface area is 78.6 Å². The van der Waals surface area contributed by atoms with Gasteiger partial charge in [0.1, 0.15) is 0 Å². The van der Waals surface area contributed by atoms with Gasteiger partial charge in [-0.15, -0.1) is 0 Å². The summed E-state index contributed by atoms with van der Waals surface area (Å²) in [6.07, 6.45) is 10.1. The molecule has 1 rings (SSSR count). The maximum atomic E-state index is 3.56. The fourth-order valence-electron chi connectivity index (χ4n) is 0.918. The third-order valence-electron chi connectivity index (χ3n) is 1.43. The van der Waals surface area contributed by atoms with E-state index >= 15 is 0 Å². The summed E-state index contributed by atoms with van der Waals surface area (Å²) in [5.41, 5.74) is 0. The van der Waals surface area contributed by atoms with Gasteiger partial charge in [-0.2, -0.15) is 0 Å². The molecule has 0 saturated heterocycles. The molecular weight excluding hydrogens is 256 g/mol. The largest absolute Gasteiger partial charge is 0.0871 e. The van der Waals surface area contributed by atoms with Crippen LogP contribution in [-0.2, 0) is 0 Å². The van der Waals surface area contributed by atoms with Crippen molar-refractivity contribution < 1.29 is 0 Å². The Bertz CT molecular complexity index is 159. The molecule has 0 aromatic rings. The second-order valence-corrected chi connectivity index (χ2v) is 4.57. The van der Waals surface area contributed by atoms with E-state index in [1.54, 1.807) is 0 Å². The summed E-state index contributed by atoms with van der Waals surface area (Å²) in [4.78, 5) is 0.512. The van der Waals surface area contributed by atoms with Crippen molar-refractivity contribution in [3.8, 4) is 0 Å². The molecule has 1 atom stereocenters. The van der Waals surface area contributed by atoms with E-state index in [-0.39, 0.29) is 0 Å². The summed E-state index contributed by atoms with van der Waals surface area (Å²) >= 11 is 7.07. The molecule has 1 aliphatic rings. The van der Waals surface area contributed by atoms with Crippen LogP contribution in [-0.4, -0.2) is 4.83 Å². The first-order valence-electron chi connectivity index (χ1n) is 3.44. The van der Waals surface area contributed by atoms with E-state index in [4.69, 9.17) is 0 Å². The van der Waals surface area contributed by atoms with Crippen molar-refractivity contribution in [3.63, 3.8) is 0 Å². The Kier molecular flexibility index (Phi) is 3.71. The summed E-state index contributed by atoms with van der Waals surface area (Å²) < 4.78 is 1.32. The van der Waals surface area contributed by atoms with Gasteiger partial charge in [-0.3, -0.25) is 0 Å². The number of halogens is 2. The van der Waals surface area contributed by atoms with E-state index < -0.39 is 0 Å². The number of hydrogen-bond acceptors (Lipinski definition) is 0. The summed E-state index contributed by atoms with van der Waals surface area (Å²) in [5.74, 6) is 0. The van der Waals surface area contributed by atoms with Crippen LogP contribution in [0.5, 0.6) is 0 Å². The van der Waals surface area contributed by atoms with Crippen molar-refractivity contribution >= 4 is 31.9 Å². The predicted octanol–water partition coefficient (Wildman–Crippen LogP) is 3.77. The molecule has 0 spiro atoms. The molecule has 0 aliphatic heterocycles. The van der Waals surface area contributed by atoms with Crippen molar-refractivity contribution in [2.24, 2.45) is 0 Å². The molecule has 0 heterocycles. The quantitative estimate of drug-likeness (QED) is 0.462. The molecule has 0 N–H and O–H groups in total. The summed E-state index contributed by atoms with van der Waals surface area (Å²) in [7, 11) is 0. The first-order chi connectivity index (χ1) is 4.79. The van der Waals surface area contributed by atoms with Gasteiger partial charge in [-0.1, -0.05) is 50.1 Å². The van der Waals surface area contributed by atoms with Crippen LogP contribution in [0.25, 0.3) is 0 Å². The van der Waals surface area contributed by atoms with Crippen molar-refractivity contribution in [2.45, 2.75) is 24.1 Å². The zero-order valence-electron chi connectivity index (χ0n) is 5.69. The standard InChI is InChI=1S/C8H10Br2/c9-7-4-2-1-3-5-8(10)6-7/h2,4-5,7H,1,3,6H2/b4-2-,8-5+. The minimum atomic E-state index is 0.512. The number of hydrogen-bond donors (Lipinski definition) is 0. The van der Waals surface area contributed by atoms with Crippen molar-refractivity contribution in [3.05, 3.63) is 22.7 Å². The average Bonchev–Trinajstić information content (AvgIpc) is 1.83. The molecule has 0 saturated carbocycles. The molecule has 0 radical (unpaired) electrons. The monoisotopic (exact) mass is 264 g/mol. The summed E-state index contributed by atoms with van der Waals surface area (Å²) in [6, 6.07) is 0. The highest BCUT2D eigenvalue weighted by Gasteiger charge is 2.02. The highest BCUT2D eigenvalue weighted by Crippen LogP contribution is 2.22. The van der Waals surface area contributed by atoms with Crippen molar-refractivity contribution in [1.29, 1.82) is 0 Å². The van der Waals surface area contributed by atoms with Crippen LogP contribution in [0.4, 0.5) is 0 Å². The third-order valence-corrected chi connectivity index (χ3v) is 2.71. The highest BCUT2D eigenvalue weighted by atomic mass is 79.9. The molecule has 0 bridgehead atoms. The zero-order chi connectivity index (χ0) is 7.40. The van der Waals surface area contributed by atoms with Crippen LogP contribution in [0.3, 0.4) is 0 Å². The number of alkyl halides is 1. The van der Waals surface area contributed by atoms with Gasteiger partial charge in [0.05, 0.1) is 0 Å². The molecule has 1 aliphatic carbocycles. The number of rotatable bonds is 0. The summed E-state index contributed by atoms with van der Waals surface area (Å²) in [6.45, 7) is 0. The molecule has 2 heteroatoms. The lowest BCUT2D eigenvalue weighted by molar-refractivity contribution is 0.972. The second-order valence-electron chi connectivity index (χ2n) is 2.38. The van der Waals surface area contributed by atoms with Crippen LogP contribution in [0.15, 0.2) is 22.7 Å². The fraction of sp³-hybridized carbons (Fsp3) is 0.500. The van der Waals surface area contributed by atoms with Crippen LogP contribution in [0.2, 0.25) is 0 Å². The molecule has 0 fully saturated rings. The van der Waals surface area contributed by atoms with Crippen molar-refractivity contribution in [2.75, 3.05) is 0 Å². The topological polar surface area (TPSA) is 0 Å². The van der Waals surface area contributed by atoms with E-state index in [2.05, 4.69) is 50.1 Å². The van der Waals surface area contributed by atoms with Gasteiger partial charge in [0, 0.05) is 4.83 Å². The van der Waals surface area contributed by atoms with E-state index in [1.807, 2.05) is 0 Å². The molecule has 56 valence electrons. The van der Waals surface area contributed by atoms with E-state index in [1.165, 1.54) is 4.48 Å². The van der Waals surface area contributed by atoms with E-state index in [0.29, 0.717) is 4.83 Å². The SMILES string of the molecule is Br/C1=C/CC/C=C\C(Br)C1. The zero-order valence-corrected chi connectivity index (χ0v) is 8.86. The minimum Gasteiger partial charge on any atom is -0.0871 e. The van der Waals surface area contributed by atoms with Gasteiger partial charge >= 0.3 is 0 Å². The van der Waals surface area contributed by atoms with E-state index in [9.17, 15) is 0 Å². The lowest BCUT2D eigenvalue weighted by Crippen LogP contribution is -1.93. The van der Waals surface area contributed by atoms with Crippen LogP contribution < -0.4 is 0 Å². The van der Waals surface area contributed by atoms with Gasteiger partial charge in [0.15, 0.2) is 0 Å². The maximum Gasteiger partial charge on any atom is 0.0370 e. The molecule has 0 aromatic carbocycles. The molecule has 10 heavy (non-hydrogen) atoms. The Hall–Kier alpha value is 0.440. The smallest absolute Gasteiger partial charge is 0.0370 e. The maximum absolute atomic E-state index is 3.56. The fourth-order valence-corrected chi connectivity index (χ4v) is 2.49. The minimum absolute atomic E-state index is 0.512. The Morgan fingerprint density at radius 3 is 3.00 bits per heavy atom. The Morgan fingerprint density at radius 1 is 1.40 bits per heavy atom. The second kappa shape index (κ2) is 4.35. The molecule has 0 aromatic heterocycles. The predicted molar refractivity (Wildman–Crippen MR) is 52.7 cm³/mol. The lowest BCUT2D eigenvalue weighted by Gasteiger charge is -2.05. The summed E-state index contributed by atoms with van der Waals surface area (Å²) in [5, 5.41) is 0. The highest BCUT2D eigenvalue weighted by molar-refractivity contribution is 9.12. The van der Waals surface area contributed by atoms with Crippen LogP contribution in [0, 0.1) is 0 Å². The van der Waals surface area contributed by atoms with Gasteiger partial charge < -0.3 is 0 Å². The first kappa shape index (κ1) is 8.54. The van der Waals surface area contributed by atoms with Crippen LogP contribution >= 0.6 is 31.9 Å². The Morgan fingerprint density at radius 2 is 2.20 bits per heavy atom. The van der Waals surface area contributed by atoms with Crippen LogP contribution in [0.1, 0.15) is 19.3 Å². The van der Waals surface area contributed by atoms with Gasteiger partial charge in [0.25, 0.3) is 0 Å². The van der Waals surface area contributed by atoms with Gasteiger partial charge in [-0.05, 0) is 23.7 Å². The average molecular weight is 266 g/mol.